The second-order valence-electron chi connectivity index (χ2n) is 5.64. The third-order valence-corrected chi connectivity index (χ3v) is 3.76. The van der Waals surface area contributed by atoms with Crippen molar-refractivity contribution in [1.29, 1.82) is 0 Å². The van der Waals surface area contributed by atoms with E-state index < -0.39 is 0 Å². The molecule has 0 aliphatic rings. The Morgan fingerprint density at radius 2 is 2.00 bits per heavy atom. The van der Waals surface area contributed by atoms with Gasteiger partial charge >= 0.3 is 0 Å². The van der Waals surface area contributed by atoms with Crippen molar-refractivity contribution in [1.82, 2.24) is 15.5 Å². The van der Waals surface area contributed by atoms with Crippen LogP contribution in [0.3, 0.4) is 0 Å². The highest BCUT2D eigenvalue weighted by Crippen LogP contribution is 2.19. The highest BCUT2D eigenvalue weighted by molar-refractivity contribution is 5.78. The molecule has 6 nitrogen and oxygen atoms in total. The lowest BCUT2D eigenvalue weighted by atomic mass is 10.1. The van der Waals surface area contributed by atoms with E-state index in [1.54, 1.807) is 7.11 Å². The molecule has 1 N–H and O–H groups in total. The number of hydrogen-bond donors (Lipinski definition) is 1. The molecule has 0 bridgehead atoms. The summed E-state index contributed by atoms with van der Waals surface area (Å²) in [4.78, 5) is 16.4. The monoisotopic (exact) mass is 337 g/mol. The number of aromatic nitrogens is 2. The van der Waals surface area contributed by atoms with Crippen LogP contribution in [0.5, 0.6) is 5.75 Å². The zero-order valence-electron chi connectivity index (χ0n) is 14.2. The lowest BCUT2D eigenvalue weighted by Crippen LogP contribution is -2.24. The summed E-state index contributed by atoms with van der Waals surface area (Å²) < 4.78 is 10.4. The number of hydrogen-bond acceptors (Lipinski definition) is 5. The normalized spacial score (nSPS) is 10.5. The summed E-state index contributed by atoms with van der Waals surface area (Å²) in [5.41, 5.74) is 2.79. The van der Waals surface area contributed by atoms with Crippen LogP contribution in [0.1, 0.15) is 17.0 Å². The fourth-order valence-corrected chi connectivity index (χ4v) is 2.50. The molecule has 0 spiro atoms. The van der Waals surface area contributed by atoms with Crippen molar-refractivity contribution in [3.8, 4) is 17.1 Å². The van der Waals surface area contributed by atoms with Gasteiger partial charge < -0.3 is 14.6 Å². The van der Waals surface area contributed by atoms with E-state index in [-0.39, 0.29) is 18.9 Å². The molecule has 0 aliphatic carbocycles. The first-order valence-electron chi connectivity index (χ1n) is 7.94. The molecule has 0 radical (unpaired) electrons. The van der Waals surface area contributed by atoms with E-state index in [0.29, 0.717) is 11.7 Å². The highest BCUT2D eigenvalue weighted by Gasteiger charge is 2.10. The van der Waals surface area contributed by atoms with Gasteiger partial charge in [0, 0.05) is 5.56 Å². The summed E-state index contributed by atoms with van der Waals surface area (Å²) in [6, 6.07) is 15.2. The molecule has 1 amide bonds. The van der Waals surface area contributed by atoms with Crippen LogP contribution in [-0.4, -0.2) is 23.2 Å². The second kappa shape index (κ2) is 7.61. The number of methoxy groups -OCH3 is 1. The van der Waals surface area contributed by atoms with Crippen molar-refractivity contribution in [2.75, 3.05) is 7.11 Å². The number of amides is 1. The molecule has 0 saturated carbocycles. The third kappa shape index (κ3) is 4.23. The van der Waals surface area contributed by atoms with Gasteiger partial charge in [-0.2, -0.15) is 4.98 Å². The highest BCUT2D eigenvalue weighted by atomic mass is 16.5. The number of nitrogens with zero attached hydrogens (tertiary/aromatic N) is 2. The van der Waals surface area contributed by atoms with Crippen LogP contribution in [0.4, 0.5) is 0 Å². The molecule has 3 rings (SSSR count). The van der Waals surface area contributed by atoms with Gasteiger partial charge in [-0.1, -0.05) is 47.6 Å². The lowest BCUT2D eigenvalue weighted by Gasteiger charge is -2.07. The summed E-state index contributed by atoms with van der Waals surface area (Å²) in [5, 5.41) is 6.72. The summed E-state index contributed by atoms with van der Waals surface area (Å²) in [6.07, 6.45) is 0.282. The van der Waals surface area contributed by atoms with E-state index in [1.165, 1.54) is 0 Å². The van der Waals surface area contributed by atoms with Crippen LogP contribution in [0.15, 0.2) is 53.1 Å². The average Bonchev–Trinajstić information content (AvgIpc) is 3.10. The fourth-order valence-electron chi connectivity index (χ4n) is 2.50. The van der Waals surface area contributed by atoms with Gasteiger partial charge in [0.2, 0.25) is 17.6 Å². The largest absolute Gasteiger partial charge is 0.496 e. The quantitative estimate of drug-likeness (QED) is 0.748. The van der Waals surface area contributed by atoms with Crippen LogP contribution in [0, 0.1) is 6.92 Å². The first-order chi connectivity index (χ1) is 12.2. The van der Waals surface area contributed by atoms with Gasteiger partial charge in [0.15, 0.2) is 0 Å². The molecular formula is C19H19N3O3. The van der Waals surface area contributed by atoms with Crippen molar-refractivity contribution in [2.45, 2.75) is 19.9 Å². The molecule has 2 aromatic carbocycles. The number of benzene rings is 2. The summed E-state index contributed by atoms with van der Waals surface area (Å²) in [5.74, 6) is 1.58. The Kier molecular flexibility index (Phi) is 5.09. The van der Waals surface area contributed by atoms with Gasteiger partial charge in [-0.25, -0.2) is 0 Å². The number of rotatable bonds is 6. The Morgan fingerprint density at radius 3 is 2.72 bits per heavy atom. The molecule has 6 heteroatoms. The Bertz CT molecular complexity index is 859. The van der Waals surface area contributed by atoms with E-state index in [2.05, 4.69) is 15.5 Å². The molecule has 0 saturated heterocycles. The van der Waals surface area contributed by atoms with E-state index in [0.717, 1.165) is 22.4 Å². The van der Waals surface area contributed by atoms with Crippen LogP contribution < -0.4 is 10.1 Å². The zero-order chi connectivity index (χ0) is 17.6. The van der Waals surface area contributed by atoms with Gasteiger partial charge in [0.1, 0.15) is 5.75 Å². The maximum Gasteiger partial charge on any atom is 0.246 e. The van der Waals surface area contributed by atoms with Gasteiger partial charge in [-0.3, -0.25) is 4.79 Å². The third-order valence-electron chi connectivity index (χ3n) is 3.76. The fraction of sp³-hybridized carbons (Fsp3) is 0.211. The number of ether oxygens (including phenoxy) is 1. The molecule has 0 atom stereocenters. The minimum atomic E-state index is -0.107. The number of carbonyl (C=O) groups is 1. The standard InChI is InChI=1S/C19H19N3O3/c1-13-10-14(8-9-16(13)24-2)11-17(23)20-12-18-21-19(22-25-18)15-6-4-3-5-7-15/h3-10H,11-12H2,1-2H3,(H,20,23). The molecule has 0 unspecified atom stereocenters. The number of nitrogens with one attached hydrogen (secondary N) is 1. The van der Waals surface area contributed by atoms with Crippen molar-refractivity contribution >= 4 is 5.91 Å². The zero-order valence-corrected chi connectivity index (χ0v) is 14.2. The lowest BCUT2D eigenvalue weighted by molar-refractivity contribution is -0.120. The van der Waals surface area contributed by atoms with E-state index in [4.69, 9.17) is 9.26 Å². The molecule has 1 aromatic heterocycles. The van der Waals surface area contributed by atoms with Gasteiger partial charge in [0.05, 0.1) is 20.1 Å². The first-order valence-corrected chi connectivity index (χ1v) is 7.94. The smallest absolute Gasteiger partial charge is 0.246 e. The SMILES string of the molecule is COc1ccc(CC(=O)NCc2nc(-c3ccccc3)no2)cc1C. The summed E-state index contributed by atoms with van der Waals surface area (Å²) in [6.45, 7) is 2.15. The number of aryl methyl sites for hydroxylation is 1. The molecular weight excluding hydrogens is 318 g/mol. The minimum Gasteiger partial charge on any atom is -0.496 e. The van der Waals surface area contributed by atoms with Crippen LogP contribution in [-0.2, 0) is 17.8 Å². The van der Waals surface area contributed by atoms with Crippen LogP contribution >= 0.6 is 0 Å². The van der Waals surface area contributed by atoms with Crippen molar-refractivity contribution in [2.24, 2.45) is 0 Å². The van der Waals surface area contributed by atoms with Crippen molar-refractivity contribution in [3.63, 3.8) is 0 Å². The summed E-state index contributed by atoms with van der Waals surface area (Å²) in [7, 11) is 1.63. The molecule has 1 heterocycles. The number of carbonyl (C=O) groups excluding carboxylic acids is 1. The Balaban J connectivity index is 1.56. The molecule has 25 heavy (non-hydrogen) atoms. The van der Waals surface area contributed by atoms with E-state index >= 15 is 0 Å². The Labute approximate surface area is 145 Å². The minimum absolute atomic E-state index is 0.107. The Hall–Kier alpha value is -3.15. The second-order valence-corrected chi connectivity index (χ2v) is 5.64. The van der Waals surface area contributed by atoms with E-state index in [1.807, 2.05) is 55.5 Å². The van der Waals surface area contributed by atoms with Crippen LogP contribution in [0.2, 0.25) is 0 Å². The van der Waals surface area contributed by atoms with Crippen LogP contribution in [0.25, 0.3) is 11.4 Å². The summed E-state index contributed by atoms with van der Waals surface area (Å²) >= 11 is 0. The first kappa shape index (κ1) is 16.7. The van der Waals surface area contributed by atoms with E-state index in [9.17, 15) is 4.79 Å². The molecule has 3 aromatic rings. The average molecular weight is 337 g/mol. The molecule has 0 fully saturated rings. The van der Waals surface area contributed by atoms with Gasteiger partial charge in [-0.05, 0) is 24.1 Å². The maximum absolute atomic E-state index is 12.1. The predicted molar refractivity (Wildman–Crippen MR) is 93.0 cm³/mol. The molecule has 128 valence electrons. The van der Waals surface area contributed by atoms with Crippen molar-refractivity contribution in [3.05, 3.63) is 65.5 Å². The van der Waals surface area contributed by atoms with Gasteiger partial charge in [0.25, 0.3) is 0 Å². The topological polar surface area (TPSA) is 77.2 Å². The van der Waals surface area contributed by atoms with Crippen molar-refractivity contribution < 1.29 is 14.1 Å². The van der Waals surface area contributed by atoms with Gasteiger partial charge in [-0.15, -0.1) is 0 Å². The Morgan fingerprint density at radius 1 is 1.20 bits per heavy atom. The maximum atomic E-state index is 12.1. The molecule has 0 aliphatic heterocycles. The predicted octanol–water partition coefficient (Wildman–Crippen LogP) is 2.91.